The van der Waals surface area contributed by atoms with E-state index < -0.39 is 0 Å². The van der Waals surface area contributed by atoms with Crippen molar-refractivity contribution >= 4 is 67.7 Å². The van der Waals surface area contributed by atoms with Gasteiger partial charge in [0.1, 0.15) is 23.0 Å². The molecule has 0 N–H and O–H groups in total. The summed E-state index contributed by atoms with van der Waals surface area (Å²) < 4.78 is 13.4. The molecule has 2 heterocycles. The average Bonchev–Trinajstić information content (AvgIpc) is 3.92. The fourth-order valence-corrected chi connectivity index (χ4v) is 9.85. The largest absolute Gasteiger partial charge is 0.485 e. The number of nitrogens with zero attached hydrogens (tertiary/aromatic N) is 2. The molecule has 0 radical (unpaired) electrons. The van der Waals surface area contributed by atoms with Gasteiger partial charge in [0.05, 0.1) is 5.92 Å². The van der Waals surface area contributed by atoms with Gasteiger partial charge >= 0.3 is 0 Å². The Morgan fingerprint density at radius 3 is 1.53 bits per heavy atom. The van der Waals surface area contributed by atoms with E-state index in [1.165, 1.54) is 33.2 Å². The Morgan fingerprint density at radius 1 is 0.452 bits per heavy atom. The Bertz CT molecular complexity index is 3110. The van der Waals surface area contributed by atoms with Crippen molar-refractivity contribution in [2.24, 2.45) is 0 Å². The Balaban J connectivity index is 0.830. The van der Waals surface area contributed by atoms with Gasteiger partial charge in [0.25, 0.3) is 0 Å². The van der Waals surface area contributed by atoms with Gasteiger partial charge in [-0.05, 0) is 155 Å². The first-order chi connectivity index (χ1) is 30.7. The van der Waals surface area contributed by atoms with Crippen LogP contribution < -0.4 is 9.80 Å². The maximum atomic E-state index is 6.76. The van der Waals surface area contributed by atoms with Crippen LogP contribution in [0.4, 0.5) is 34.1 Å². The van der Waals surface area contributed by atoms with Crippen molar-refractivity contribution in [1.29, 1.82) is 0 Å². The molecule has 4 heteroatoms. The van der Waals surface area contributed by atoms with Gasteiger partial charge in [-0.25, -0.2) is 0 Å². The summed E-state index contributed by atoms with van der Waals surface area (Å²) in [4.78, 5) is 4.59. The Labute approximate surface area is 361 Å². The number of hydrogen-bond acceptors (Lipinski definition) is 4. The molecule has 0 amide bonds. The lowest BCUT2D eigenvalue weighted by atomic mass is 9.77. The molecule has 0 spiro atoms. The molecular weight excluding hydrogens is 757 g/mol. The summed E-state index contributed by atoms with van der Waals surface area (Å²) in [7, 11) is 0. The van der Waals surface area contributed by atoms with E-state index in [1.54, 1.807) is 0 Å². The molecule has 0 saturated carbocycles. The zero-order valence-corrected chi connectivity index (χ0v) is 34.1. The van der Waals surface area contributed by atoms with Crippen LogP contribution in [0.25, 0.3) is 44.7 Å². The maximum absolute atomic E-state index is 6.76. The summed E-state index contributed by atoms with van der Waals surface area (Å²) in [6, 6.07) is 71.1. The fraction of sp³-hybridized carbons (Fsp3) is 0.0690. The van der Waals surface area contributed by atoms with Crippen molar-refractivity contribution in [3.63, 3.8) is 0 Å². The fourth-order valence-electron chi connectivity index (χ4n) is 9.85. The van der Waals surface area contributed by atoms with Gasteiger partial charge in [-0.1, -0.05) is 115 Å². The monoisotopic (exact) mass is 798 g/mol. The second-order valence-corrected chi connectivity index (χ2v) is 16.3. The lowest BCUT2D eigenvalue weighted by molar-refractivity contribution is 0.181. The van der Waals surface area contributed by atoms with Crippen LogP contribution in [0.5, 0.6) is 0 Å². The molecule has 1 aromatic heterocycles. The molecule has 0 bridgehead atoms. The summed E-state index contributed by atoms with van der Waals surface area (Å²) in [6.07, 6.45) is 8.75. The van der Waals surface area contributed by atoms with Crippen LogP contribution in [0.3, 0.4) is 0 Å². The molecule has 2 aliphatic carbocycles. The molecule has 3 aliphatic rings. The van der Waals surface area contributed by atoms with E-state index in [0.717, 1.165) is 80.4 Å². The molecule has 1 aliphatic heterocycles. The third-order valence-corrected chi connectivity index (χ3v) is 12.8. The third kappa shape index (κ3) is 6.22. The molecule has 62 heavy (non-hydrogen) atoms. The number of benzene rings is 8. The number of rotatable bonds is 8. The SMILES string of the molecule is C1=CC2OC3=C(CCC(c4ccc(N(c5ccccc5)c5ccccc5)cc4)=C3)C2c2ccc3oc4cc(-c5ccc(N(c6ccccc6)c6ccccc6)cc5)ccc4c3c21. The van der Waals surface area contributed by atoms with Crippen LogP contribution in [-0.2, 0) is 4.74 Å². The van der Waals surface area contributed by atoms with Crippen molar-refractivity contribution in [2.75, 3.05) is 9.80 Å². The van der Waals surface area contributed by atoms with Gasteiger partial charge in [-0.3, -0.25) is 0 Å². The highest BCUT2D eigenvalue weighted by Gasteiger charge is 2.40. The normalized spacial score (nSPS) is 16.4. The van der Waals surface area contributed by atoms with E-state index in [2.05, 4.69) is 228 Å². The highest BCUT2D eigenvalue weighted by atomic mass is 16.5. The number of para-hydroxylation sites is 4. The number of fused-ring (bicyclic) bond motifs is 8. The average molecular weight is 799 g/mol. The highest BCUT2D eigenvalue weighted by molar-refractivity contribution is 6.10. The van der Waals surface area contributed by atoms with Gasteiger partial charge in [-0.2, -0.15) is 0 Å². The molecule has 0 saturated heterocycles. The minimum atomic E-state index is -0.0133. The molecule has 8 aromatic carbocycles. The second kappa shape index (κ2) is 15.0. The molecule has 296 valence electrons. The summed E-state index contributed by atoms with van der Waals surface area (Å²) in [5.41, 5.74) is 17.3. The first-order valence-electron chi connectivity index (χ1n) is 21.5. The summed E-state index contributed by atoms with van der Waals surface area (Å²) >= 11 is 0. The Hall–Kier alpha value is -7.82. The molecule has 2 atom stereocenters. The zero-order valence-electron chi connectivity index (χ0n) is 34.1. The summed E-state index contributed by atoms with van der Waals surface area (Å²) in [5.74, 6) is 1.22. The van der Waals surface area contributed by atoms with E-state index in [4.69, 9.17) is 9.15 Å². The number of hydrogen-bond donors (Lipinski definition) is 0. The first-order valence-corrected chi connectivity index (χ1v) is 21.5. The number of anilines is 6. The number of furan rings is 1. The Kier molecular flexibility index (Phi) is 8.74. The van der Waals surface area contributed by atoms with E-state index in [9.17, 15) is 0 Å². The topological polar surface area (TPSA) is 28.9 Å². The Morgan fingerprint density at radius 2 is 0.968 bits per heavy atom. The maximum Gasteiger partial charge on any atom is 0.136 e. The minimum absolute atomic E-state index is 0.0133. The number of allylic oxidation sites excluding steroid dienone is 2. The molecule has 4 nitrogen and oxygen atoms in total. The molecule has 12 rings (SSSR count). The van der Waals surface area contributed by atoms with E-state index in [-0.39, 0.29) is 12.0 Å². The van der Waals surface area contributed by atoms with Crippen LogP contribution >= 0.6 is 0 Å². The van der Waals surface area contributed by atoms with Crippen LogP contribution in [0.2, 0.25) is 0 Å². The van der Waals surface area contributed by atoms with Crippen molar-refractivity contribution in [2.45, 2.75) is 24.9 Å². The van der Waals surface area contributed by atoms with E-state index in [1.807, 2.05) is 0 Å². The van der Waals surface area contributed by atoms with Gasteiger partial charge in [0, 0.05) is 44.9 Å². The van der Waals surface area contributed by atoms with Gasteiger partial charge in [0.2, 0.25) is 0 Å². The molecular formula is C58H42N2O2. The lowest BCUT2D eigenvalue weighted by Crippen LogP contribution is -2.18. The quantitative estimate of drug-likeness (QED) is 0.153. The van der Waals surface area contributed by atoms with E-state index >= 15 is 0 Å². The summed E-state index contributed by atoms with van der Waals surface area (Å²) in [5, 5.41) is 2.32. The molecule has 0 fully saturated rings. The molecule has 9 aromatic rings. The lowest BCUT2D eigenvalue weighted by Gasteiger charge is -2.26. The van der Waals surface area contributed by atoms with Crippen LogP contribution in [-0.4, -0.2) is 6.10 Å². The number of ether oxygens (including phenoxy) is 1. The zero-order chi connectivity index (χ0) is 41.0. The predicted octanol–water partition coefficient (Wildman–Crippen LogP) is 15.8. The van der Waals surface area contributed by atoms with Crippen LogP contribution in [0.1, 0.15) is 35.4 Å². The standard InChI is InChI=1S/C58H42N2O2/c1-5-13-43(14-6-1)59(44-15-7-2-8-16-44)47-27-21-39(22-28-47)41-25-31-51-55(37-41)61-53-35-33-50-49(57(51)53)34-36-54-58(50)52-32-26-42(38-56(52)62-54)40-23-29-48(30-24-40)60(45-17-9-3-10-18-45)46-19-11-4-12-20-46/h1-25,27-31,33-38,54,58H,26,32H2. The van der Waals surface area contributed by atoms with Gasteiger partial charge in [0.15, 0.2) is 0 Å². The van der Waals surface area contributed by atoms with Crippen LogP contribution in [0.15, 0.2) is 228 Å². The third-order valence-electron chi connectivity index (χ3n) is 12.8. The molecule has 2 unspecified atom stereocenters. The van der Waals surface area contributed by atoms with E-state index in [0.29, 0.717) is 0 Å². The van der Waals surface area contributed by atoms with Crippen molar-refractivity contribution < 1.29 is 9.15 Å². The summed E-state index contributed by atoms with van der Waals surface area (Å²) in [6.45, 7) is 0. The highest BCUT2D eigenvalue weighted by Crippen LogP contribution is 2.51. The first kappa shape index (κ1) is 36.1. The van der Waals surface area contributed by atoms with Gasteiger partial charge < -0.3 is 19.0 Å². The predicted molar refractivity (Wildman–Crippen MR) is 256 cm³/mol. The van der Waals surface area contributed by atoms with Crippen molar-refractivity contribution in [3.8, 4) is 11.1 Å². The van der Waals surface area contributed by atoms with Crippen molar-refractivity contribution in [3.05, 3.63) is 240 Å². The minimum Gasteiger partial charge on any atom is -0.485 e. The van der Waals surface area contributed by atoms with Crippen LogP contribution in [0, 0.1) is 0 Å². The smallest absolute Gasteiger partial charge is 0.136 e. The van der Waals surface area contributed by atoms with Gasteiger partial charge in [-0.15, -0.1) is 0 Å². The van der Waals surface area contributed by atoms with Crippen molar-refractivity contribution in [1.82, 2.24) is 0 Å². The second-order valence-electron chi connectivity index (χ2n) is 16.3.